The van der Waals surface area contributed by atoms with Crippen molar-refractivity contribution >= 4 is 23.2 Å². The lowest BCUT2D eigenvalue weighted by Crippen LogP contribution is -2.43. The summed E-state index contributed by atoms with van der Waals surface area (Å²) in [6.07, 6.45) is 7.85. The van der Waals surface area contributed by atoms with E-state index in [0.717, 1.165) is 12.5 Å². The third-order valence-electron chi connectivity index (χ3n) is 4.40. The molecule has 2 aliphatic rings. The van der Waals surface area contributed by atoms with Crippen LogP contribution in [-0.2, 0) is 5.54 Å². The zero-order chi connectivity index (χ0) is 12.6. The number of hydrogen-bond donors (Lipinski definition) is 1. The minimum Gasteiger partial charge on any atom is -0.307 e. The van der Waals surface area contributed by atoms with Gasteiger partial charge < -0.3 is 5.32 Å². The smallest absolute Gasteiger partial charge is 0.0595 e. The Balaban J connectivity index is 1.99. The van der Waals surface area contributed by atoms with Crippen LogP contribution in [-0.4, -0.2) is 6.54 Å². The molecule has 1 aromatic carbocycles. The van der Waals surface area contributed by atoms with Crippen molar-refractivity contribution in [2.45, 2.75) is 44.1 Å². The summed E-state index contributed by atoms with van der Waals surface area (Å²) in [5.41, 5.74) is 1.49. The Labute approximate surface area is 119 Å². The first-order valence-corrected chi connectivity index (χ1v) is 7.68. The first kappa shape index (κ1) is 12.8. The molecule has 1 aromatic rings. The highest BCUT2D eigenvalue weighted by Crippen LogP contribution is 2.50. The van der Waals surface area contributed by atoms with Gasteiger partial charge in [0.25, 0.3) is 0 Å². The van der Waals surface area contributed by atoms with E-state index in [-0.39, 0.29) is 5.54 Å². The van der Waals surface area contributed by atoms with Crippen LogP contribution in [0.4, 0.5) is 0 Å². The van der Waals surface area contributed by atoms with Gasteiger partial charge in [-0.05, 0) is 55.8 Å². The fraction of sp³-hybridized carbons (Fsp3) is 0.600. The second kappa shape index (κ2) is 5.03. The lowest BCUT2D eigenvalue weighted by atomic mass is 9.81. The molecule has 1 aliphatic heterocycles. The summed E-state index contributed by atoms with van der Waals surface area (Å²) in [4.78, 5) is 0. The number of benzene rings is 1. The molecule has 1 nitrogen and oxygen atoms in total. The summed E-state index contributed by atoms with van der Waals surface area (Å²) in [7, 11) is 0. The number of hydrogen-bond acceptors (Lipinski definition) is 1. The van der Waals surface area contributed by atoms with E-state index in [1.54, 1.807) is 0 Å². The molecular weight excluding hydrogens is 265 g/mol. The molecule has 3 heteroatoms. The van der Waals surface area contributed by atoms with Crippen molar-refractivity contribution in [1.29, 1.82) is 0 Å². The van der Waals surface area contributed by atoms with E-state index < -0.39 is 0 Å². The molecule has 1 saturated carbocycles. The normalized spacial score (nSPS) is 29.0. The summed E-state index contributed by atoms with van der Waals surface area (Å²) in [6.45, 7) is 1.12. The molecule has 18 heavy (non-hydrogen) atoms. The molecule has 3 rings (SSSR count). The minimum atomic E-state index is 0.157. The summed E-state index contributed by atoms with van der Waals surface area (Å²) in [6, 6.07) is 6.17. The second-order valence-electron chi connectivity index (χ2n) is 5.61. The standard InChI is InChI=1S/C15H19Cl2N/c16-13-7-6-12(10-14(13)17)15(11-4-5-11)8-2-1-3-9-18-15/h6-7,10-11,18H,1-5,8-9H2. The van der Waals surface area contributed by atoms with Crippen molar-refractivity contribution < 1.29 is 0 Å². The predicted molar refractivity (Wildman–Crippen MR) is 77.3 cm³/mol. The molecule has 0 bridgehead atoms. The maximum absolute atomic E-state index is 6.20. The monoisotopic (exact) mass is 283 g/mol. The Morgan fingerprint density at radius 3 is 2.61 bits per heavy atom. The molecule has 0 radical (unpaired) electrons. The third kappa shape index (κ3) is 2.29. The summed E-state index contributed by atoms with van der Waals surface area (Å²) in [5, 5.41) is 5.15. The van der Waals surface area contributed by atoms with Crippen LogP contribution < -0.4 is 5.32 Å². The van der Waals surface area contributed by atoms with Crippen molar-refractivity contribution in [3.63, 3.8) is 0 Å². The quantitative estimate of drug-likeness (QED) is 0.825. The van der Waals surface area contributed by atoms with Gasteiger partial charge >= 0.3 is 0 Å². The van der Waals surface area contributed by atoms with Gasteiger partial charge in [0, 0.05) is 5.54 Å². The molecule has 1 heterocycles. The van der Waals surface area contributed by atoms with Gasteiger partial charge in [-0.3, -0.25) is 0 Å². The maximum atomic E-state index is 6.20. The number of rotatable bonds is 2. The van der Waals surface area contributed by atoms with Crippen LogP contribution in [0.2, 0.25) is 10.0 Å². The van der Waals surface area contributed by atoms with Crippen LogP contribution in [0.15, 0.2) is 18.2 Å². The third-order valence-corrected chi connectivity index (χ3v) is 5.14. The fourth-order valence-electron chi connectivity index (χ4n) is 3.29. The van der Waals surface area contributed by atoms with E-state index in [9.17, 15) is 0 Å². The first-order valence-electron chi connectivity index (χ1n) is 6.93. The lowest BCUT2D eigenvalue weighted by Gasteiger charge is -2.35. The van der Waals surface area contributed by atoms with Gasteiger partial charge in [0.15, 0.2) is 0 Å². The van der Waals surface area contributed by atoms with Gasteiger partial charge in [-0.2, -0.15) is 0 Å². The topological polar surface area (TPSA) is 12.0 Å². The minimum absolute atomic E-state index is 0.157. The lowest BCUT2D eigenvalue weighted by molar-refractivity contribution is 0.279. The van der Waals surface area contributed by atoms with Crippen molar-refractivity contribution in [1.82, 2.24) is 5.32 Å². The summed E-state index contributed by atoms with van der Waals surface area (Å²) in [5.74, 6) is 0.785. The first-order chi connectivity index (χ1) is 8.72. The number of nitrogens with one attached hydrogen (secondary N) is 1. The molecule has 1 saturated heterocycles. The molecular formula is C15H19Cl2N. The SMILES string of the molecule is Clc1ccc(C2(C3CC3)CCCCCN2)cc1Cl. The molecule has 1 unspecified atom stereocenters. The zero-order valence-corrected chi connectivity index (χ0v) is 12.0. The van der Waals surface area contributed by atoms with Crippen LogP contribution in [0.5, 0.6) is 0 Å². The second-order valence-corrected chi connectivity index (χ2v) is 6.43. The Kier molecular flexibility index (Phi) is 3.57. The van der Waals surface area contributed by atoms with E-state index in [1.165, 1.54) is 44.1 Å². The van der Waals surface area contributed by atoms with Crippen molar-refractivity contribution in [3.05, 3.63) is 33.8 Å². The largest absolute Gasteiger partial charge is 0.307 e. The molecule has 2 fully saturated rings. The van der Waals surface area contributed by atoms with Gasteiger partial charge in [0.05, 0.1) is 10.0 Å². The van der Waals surface area contributed by atoms with Gasteiger partial charge in [-0.25, -0.2) is 0 Å². The van der Waals surface area contributed by atoms with Gasteiger partial charge in [0.1, 0.15) is 0 Å². The molecule has 98 valence electrons. The van der Waals surface area contributed by atoms with Crippen LogP contribution in [0.3, 0.4) is 0 Å². The zero-order valence-electron chi connectivity index (χ0n) is 10.5. The molecule has 0 aromatic heterocycles. The molecule has 1 atom stereocenters. The van der Waals surface area contributed by atoms with Gasteiger partial charge in [-0.1, -0.05) is 42.1 Å². The van der Waals surface area contributed by atoms with E-state index in [0.29, 0.717) is 10.0 Å². The predicted octanol–water partition coefficient (Wildman–Crippen LogP) is 4.76. The van der Waals surface area contributed by atoms with Gasteiger partial charge in [0.2, 0.25) is 0 Å². The fourth-order valence-corrected chi connectivity index (χ4v) is 3.58. The van der Waals surface area contributed by atoms with E-state index >= 15 is 0 Å². The van der Waals surface area contributed by atoms with Crippen molar-refractivity contribution in [3.8, 4) is 0 Å². The Morgan fingerprint density at radius 2 is 1.89 bits per heavy atom. The highest BCUT2D eigenvalue weighted by Gasteiger charge is 2.46. The van der Waals surface area contributed by atoms with Gasteiger partial charge in [-0.15, -0.1) is 0 Å². The van der Waals surface area contributed by atoms with E-state index in [2.05, 4.69) is 17.4 Å². The molecule has 1 aliphatic carbocycles. The highest BCUT2D eigenvalue weighted by atomic mass is 35.5. The average molecular weight is 284 g/mol. The molecule has 1 N–H and O–H groups in total. The van der Waals surface area contributed by atoms with Crippen LogP contribution in [0, 0.1) is 5.92 Å². The maximum Gasteiger partial charge on any atom is 0.0595 e. The summed E-state index contributed by atoms with van der Waals surface area (Å²) >= 11 is 12.2. The Bertz CT molecular complexity index is 432. The van der Waals surface area contributed by atoms with Crippen molar-refractivity contribution in [2.75, 3.05) is 6.54 Å². The van der Waals surface area contributed by atoms with Crippen LogP contribution in [0.1, 0.15) is 44.1 Å². The van der Waals surface area contributed by atoms with E-state index in [1.807, 2.05) is 6.07 Å². The van der Waals surface area contributed by atoms with Crippen molar-refractivity contribution in [2.24, 2.45) is 5.92 Å². The Morgan fingerprint density at radius 1 is 1.06 bits per heavy atom. The van der Waals surface area contributed by atoms with E-state index in [4.69, 9.17) is 23.2 Å². The molecule has 0 amide bonds. The highest BCUT2D eigenvalue weighted by molar-refractivity contribution is 6.42. The Hall–Kier alpha value is -0.240. The van der Waals surface area contributed by atoms with Crippen LogP contribution in [0.25, 0.3) is 0 Å². The molecule has 0 spiro atoms. The summed E-state index contributed by atoms with van der Waals surface area (Å²) < 4.78 is 0. The number of halogens is 2. The average Bonchev–Trinajstić information content (AvgIpc) is 3.17. The van der Waals surface area contributed by atoms with Crippen LogP contribution >= 0.6 is 23.2 Å².